The Bertz CT molecular complexity index is 357. The monoisotopic (exact) mass is 243 g/mol. The first-order chi connectivity index (χ1) is 7.09. The number of nitrogens with two attached hydrogens (primary N) is 1. The molecule has 1 saturated carbocycles. The molecule has 0 saturated heterocycles. The first-order valence-corrected chi connectivity index (χ1v) is 6.07. The van der Waals surface area contributed by atoms with Crippen LogP contribution >= 0.6 is 23.2 Å². The summed E-state index contributed by atoms with van der Waals surface area (Å²) < 4.78 is 0. The fourth-order valence-corrected chi connectivity index (χ4v) is 2.63. The van der Waals surface area contributed by atoms with Crippen LogP contribution in [0.4, 0.5) is 0 Å². The summed E-state index contributed by atoms with van der Waals surface area (Å²) in [6, 6.07) is 5.79. The molecule has 1 aromatic carbocycles. The molecule has 0 heterocycles. The van der Waals surface area contributed by atoms with Gasteiger partial charge in [-0.15, -0.1) is 0 Å². The lowest BCUT2D eigenvalue weighted by Gasteiger charge is -2.23. The first kappa shape index (κ1) is 11.3. The van der Waals surface area contributed by atoms with E-state index in [0.717, 1.165) is 19.3 Å². The average molecular weight is 244 g/mol. The van der Waals surface area contributed by atoms with Crippen LogP contribution < -0.4 is 5.73 Å². The summed E-state index contributed by atoms with van der Waals surface area (Å²) in [7, 11) is 0. The minimum Gasteiger partial charge on any atom is -0.325 e. The molecule has 0 radical (unpaired) electrons. The van der Waals surface area contributed by atoms with E-state index in [0.29, 0.717) is 10.0 Å². The normalized spacial score (nSPS) is 19.4. The van der Waals surface area contributed by atoms with Crippen molar-refractivity contribution in [2.75, 3.05) is 0 Å². The summed E-state index contributed by atoms with van der Waals surface area (Å²) in [4.78, 5) is 0. The molecule has 0 aromatic heterocycles. The third kappa shape index (κ3) is 2.66. The summed E-state index contributed by atoms with van der Waals surface area (Å²) in [5.41, 5.74) is 7.48. The van der Waals surface area contributed by atoms with Crippen LogP contribution in [0.5, 0.6) is 0 Å². The number of benzene rings is 1. The van der Waals surface area contributed by atoms with Gasteiger partial charge in [0.05, 0.1) is 10.0 Å². The molecule has 3 heteroatoms. The summed E-state index contributed by atoms with van der Waals surface area (Å²) in [5.74, 6) is 0. The fourth-order valence-electron chi connectivity index (χ4n) is 2.31. The van der Waals surface area contributed by atoms with Crippen molar-refractivity contribution in [3.8, 4) is 0 Å². The molecule has 1 aliphatic rings. The zero-order chi connectivity index (χ0) is 10.9. The van der Waals surface area contributed by atoms with Gasteiger partial charge in [-0.2, -0.15) is 0 Å². The van der Waals surface area contributed by atoms with E-state index in [1.165, 1.54) is 18.4 Å². The van der Waals surface area contributed by atoms with Gasteiger partial charge in [-0.3, -0.25) is 0 Å². The molecule has 0 spiro atoms. The zero-order valence-electron chi connectivity index (χ0n) is 8.60. The van der Waals surface area contributed by atoms with Crippen molar-refractivity contribution in [2.45, 2.75) is 37.6 Å². The SMILES string of the molecule is NC1(Cc2ccc(Cl)c(Cl)c2)CCCC1. The highest BCUT2D eigenvalue weighted by molar-refractivity contribution is 6.42. The Morgan fingerprint density at radius 2 is 1.80 bits per heavy atom. The Morgan fingerprint density at radius 3 is 2.40 bits per heavy atom. The maximum atomic E-state index is 6.30. The van der Waals surface area contributed by atoms with Gasteiger partial charge in [0, 0.05) is 5.54 Å². The van der Waals surface area contributed by atoms with E-state index in [2.05, 4.69) is 0 Å². The van der Waals surface area contributed by atoms with E-state index in [4.69, 9.17) is 28.9 Å². The minimum absolute atomic E-state index is 0.0167. The predicted octanol–water partition coefficient (Wildman–Crippen LogP) is 3.81. The predicted molar refractivity (Wildman–Crippen MR) is 65.6 cm³/mol. The van der Waals surface area contributed by atoms with Gasteiger partial charge < -0.3 is 5.73 Å². The van der Waals surface area contributed by atoms with Crippen molar-refractivity contribution in [2.24, 2.45) is 5.73 Å². The number of hydrogen-bond donors (Lipinski definition) is 1. The van der Waals surface area contributed by atoms with Crippen LogP contribution in [0.2, 0.25) is 10.0 Å². The summed E-state index contributed by atoms with van der Waals surface area (Å²) >= 11 is 11.8. The van der Waals surface area contributed by atoms with Gasteiger partial charge in [0.2, 0.25) is 0 Å². The molecule has 0 unspecified atom stereocenters. The molecule has 2 N–H and O–H groups in total. The second-order valence-electron chi connectivity index (χ2n) is 4.49. The Kier molecular flexibility index (Phi) is 3.24. The highest BCUT2D eigenvalue weighted by atomic mass is 35.5. The van der Waals surface area contributed by atoms with Gasteiger partial charge in [-0.25, -0.2) is 0 Å². The standard InChI is InChI=1S/C12H15Cl2N/c13-10-4-3-9(7-11(10)14)8-12(15)5-1-2-6-12/h3-4,7H,1-2,5-6,8,15H2. The van der Waals surface area contributed by atoms with Crippen LogP contribution in [-0.2, 0) is 6.42 Å². The molecule has 1 nitrogen and oxygen atoms in total. The van der Waals surface area contributed by atoms with Crippen molar-refractivity contribution < 1.29 is 0 Å². The minimum atomic E-state index is -0.0167. The maximum Gasteiger partial charge on any atom is 0.0595 e. The Morgan fingerprint density at radius 1 is 1.13 bits per heavy atom. The Labute approximate surface area is 101 Å². The maximum absolute atomic E-state index is 6.30. The molecule has 1 fully saturated rings. The van der Waals surface area contributed by atoms with E-state index < -0.39 is 0 Å². The number of hydrogen-bond acceptors (Lipinski definition) is 1. The van der Waals surface area contributed by atoms with E-state index in [9.17, 15) is 0 Å². The van der Waals surface area contributed by atoms with Crippen molar-refractivity contribution in [1.29, 1.82) is 0 Å². The summed E-state index contributed by atoms with van der Waals surface area (Å²) in [5, 5.41) is 1.23. The molecule has 0 bridgehead atoms. The van der Waals surface area contributed by atoms with Crippen LogP contribution in [0.1, 0.15) is 31.2 Å². The highest BCUT2D eigenvalue weighted by Gasteiger charge is 2.29. The van der Waals surface area contributed by atoms with E-state index in [-0.39, 0.29) is 5.54 Å². The molecule has 0 atom stereocenters. The van der Waals surface area contributed by atoms with Gasteiger partial charge in [-0.1, -0.05) is 42.1 Å². The molecule has 1 aromatic rings. The topological polar surface area (TPSA) is 26.0 Å². The first-order valence-electron chi connectivity index (χ1n) is 5.32. The van der Waals surface area contributed by atoms with Gasteiger partial charge in [0.25, 0.3) is 0 Å². The summed E-state index contributed by atoms with van der Waals surface area (Å²) in [6.07, 6.45) is 5.64. The number of halogens is 2. The average Bonchev–Trinajstić information content (AvgIpc) is 2.59. The quantitative estimate of drug-likeness (QED) is 0.841. The largest absolute Gasteiger partial charge is 0.325 e. The Balaban J connectivity index is 2.13. The van der Waals surface area contributed by atoms with Gasteiger partial charge in [-0.05, 0) is 37.0 Å². The van der Waals surface area contributed by atoms with Gasteiger partial charge in [0.1, 0.15) is 0 Å². The Hall–Kier alpha value is -0.240. The smallest absolute Gasteiger partial charge is 0.0595 e. The van der Waals surface area contributed by atoms with E-state index in [1.807, 2.05) is 18.2 Å². The van der Waals surface area contributed by atoms with Gasteiger partial charge in [0.15, 0.2) is 0 Å². The van der Waals surface area contributed by atoms with Crippen LogP contribution in [0, 0.1) is 0 Å². The fraction of sp³-hybridized carbons (Fsp3) is 0.500. The molecule has 15 heavy (non-hydrogen) atoms. The third-order valence-corrected chi connectivity index (χ3v) is 3.88. The molecule has 1 aliphatic carbocycles. The second kappa shape index (κ2) is 4.32. The number of rotatable bonds is 2. The van der Waals surface area contributed by atoms with Gasteiger partial charge >= 0.3 is 0 Å². The lowest BCUT2D eigenvalue weighted by Crippen LogP contribution is -2.38. The third-order valence-electron chi connectivity index (χ3n) is 3.14. The zero-order valence-corrected chi connectivity index (χ0v) is 10.1. The second-order valence-corrected chi connectivity index (χ2v) is 5.31. The van der Waals surface area contributed by atoms with E-state index in [1.54, 1.807) is 0 Å². The highest BCUT2D eigenvalue weighted by Crippen LogP contribution is 2.32. The van der Waals surface area contributed by atoms with E-state index >= 15 is 0 Å². The lowest BCUT2D eigenvalue weighted by molar-refractivity contribution is 0.436. The van der Waals surface area contributed by atoms with Crippen molar-refractivity contribution >= 4 is 23.2 Å². The molecule has 82 valence electrons. The summed E-state index contributed by atoms with van der Waals surface area (Å²) in [6.45, 7) is 0. The molecule has 2 rings (SSSR count). The molecular formula is C12H15Cl2N. The van der Waals surface area contributed by atoms with Crippen molar-refractivity contribution in [3.05, 3.63) is 33.8 Å². The van der Waals surface area contributed by atoms with Crippen LogP contribution in [0.15, 0.2) is 18.2 Å². The molecule has 0 amide bonds. The van der Waals surface area contributed by atoms with Crippen molar-refractivity contribution in [1.82, 2.24) is 0 Å². The van der Waals surface area contributed by atoms with Crippen LogP contribution in [-0.4, -0.2) is 5.54 Å². The van der Waals surface area contributed by atoms with Crippen LogP contribution in [0.25, 0.3) is 0 Å². The molecule has 0 aliphatic heterocycles. The van der Waals surface area contributed by atoms with Crippen molar-refractivity contribution in [3.63, 3.8) is 0 Å². The van der Waals surface area contributed by atoms with Crippen LogP contribution in [0.3, 0.4) is 0 Å². The molecular weight excluding hydrogens is 229 g/mol. The lowest BCUT2D eigenvalue weighted by atomic mass is 9.90.